The van der Waals surface area contributed by atoms with Gasteiger partial charge in [-0.3, -0.25) is 19.7 Å². The van der Waals surface area contributed by atoms with Crippen LogP contribution in [0.2, 0.25) is 0 Å². The predicted octanol–water partition coefficient (Wildman–Crippen LogP) is 2.24. The van der Waals surface area contributed by atoms with Crippen molar-refractivity contribution in [3.05, 3.63) is 96.1 Å². The van der Waals surface area contributed by atoms with Gasteiger partial charge in [-0.25, -0.2) is 0 Å². The van der Waals surface area contributed by atoms with E-state index in [1.165, 1.54) is 5.56 Å². The zero-order valence-electron chi connectivity index (χ0n) is 16.1. The summed E-state index contributed by atoms with van der Waals surface area (Å²) in [5.41, 5.74) is 2.66. The van der Waals surface area contributed by atoms with Gasteiger partial charge in [0, 0.05) is 49.7 Å². The lowest BCUT2D eigenvalue weighted by Gasteiger charge is -2.55. The summed E-state index contributed by atoms with van der Waals surface area (Å²) in [6.45, 7) is 1.21. The van der Waals surface area contributed by atoms with Crippen LogP contribution in [0.25, 0.3) is 0 Å². The highest BCUT2D eigenvalue weighted by Gasteiger charge is 2.48. The smallest absolute Gasteiger partial charge is 0.269 e. The van der Waals surface area contributed by atoms with Crippen LogP contribution in [0.5, 0.6) is 0 Å². The lowest BCUT2D eigenvalue weighted by molar-refractivity contribution is -0.0482. The SMILES string of the molecule is O=C(NC[C@H]1[C@H](c2ccccc2)[C@@H](CO)N1Cc1cccnc1)c1ccccn1. The van der Waals surface area contributed by atoms with Crippen LogP contribution in [0.1, 0.15) is 27.5 Å². The Bertz CT molecular complexity index is 921. The Labute approximate surface area is 170 Å². The first kappa shape index (κ1) is 19.2. The molecule has 1 amide bonds. The molecule has 1 fully saturated rings. The molecule has 0 radical (unpaired) electrons. The van der Waals surface area contributed by atoms with E-state index in [2.05, 4.69) is 32.3 Å². The van der Waals surface area contributed by atoms with Gasteiger partial charge in [-0.2, -0.15) is 0 Å². The third-order valence-electron chi connectivity index (χ3n) is 5.51. The lowest BCUT2D eigenvalue weighted by atomic mass is 9.75. The van der Waals surface area contributed by atoms with E-state index in [9.17, 15) is 9.90 Å². The molecule has 0 bridgehead atoms. The normalized spacial score (nSPS) is 21.3. The van der Waals surface area contributed by atoms with Crippen LogP contribution in [0.3, 0.4) is 0 Å². The average molecular weight is 388 g/mol. The fourth-order valence-electron chi connectivity index (χ4n) is 4.12. The maximum Gasteiger partial charge on any atom is 0.269 e. The minimum atomic E-state index is -0.189. The summed E-state index contributed by atoms with van der Waals surface area (Å²) in [5.74, 6) is -0.0481. The molecule has 1 aliphatic heterocycles. The van der Waals surface area contributed by atoms with E-state index in [1.807, 2.05) is 36.5 Å². The number of likely N-dealkylation sites (tertiary alicyclic amines) is 1. The van der Waals surface area contributed by atoms with Gasteiger partial charge < -0.3 is 10.4 Å². The van der Waals surface area contributed by atoms with Crippen LogP contribution >= 0.6 is 0 Å². The molecule has 1 aliphatic rings. The van der Waals surface area contributed by atoms with E-state index in [0.717, 1.165) is 5.56 Å². The number of aromatic nitrogens is 2. The van der Waals surface area contributed by atoms with E-state index < -0.39 is 0 Å². The minimum Gasteiger partial charge on any atom is -0.395 e. The van der Waals surface area contributed by atoms with Gasteiger partial charge in [0.05, 0.1) is 6.61 Å². The van der Waals surface area contributed by atoms with Gasteiger partial charge in [-0.05, 0) is 29.3 Å². The van der Waals surface area contributed by atoms with Crippen molar-refractivity contribution in [2.24, 2.45) is 0 Å². The van der Waals surface area contributed by atoms with Gasteiger partial charge in [0.25, 0.3) is 5.91 Å². The van der Waals surface area contributed by atoms with Gasteiger partial charge in [0.2, 0.25) is 0 Å². The maximum absolute atomic E-state index is 12.5. The quantitative estimate of drug-likeness (QED) is 0.649. The molecule has 4 rings (SSSR count). The highest BCUT2D eigenvalue weighted by atomic mass is 16.3. The molecule has 29 heavy (non-hydrogen) atoms. The summed E-state index contributed by atoms with van der Waals surface area (Å²) < 4.78 is 0. The molecule has 1 saturated heterocycles. The Morgan fingerprint density at radius 1 is 1.00 bits per heavy atom. The van der Waals surface area contributed by atoms with Crippen LogP contribution < -0.4 is 5.32 Å². The van der Waals surface area contributed by atoms with Crippen LogP contribution in [0, 0.1) is 0 Å². The summed E-state index contributed by atoms with van der Waals surface area (Å²) in [4.78, 5) is 23.1. The summed E-state index contributed by atoms with van der Waals surface area (Å²) in [5, 5.41) is 13.1. The summed E-state index contributed by atoms with van der Waals surface area (Å²) in [6, 6.07) is 19.5. The lowest BCUT2D eigenvalue weighted by Crippen LogP contribution is -2.66. The van der Waals surface area contributed by atoms with Crippen molar-refractivity contribution in [1.82, 2.24) is 20.2 Å². The molecule has 0 unspecified atom stereocenters. The number of rotatable bonds is 7. The number of nitrogens with one attached hydrogen (secondary N) is 1. The summed E-state index contributed by atoms with van der Waals surface area (Å²) in [6.07, 6.45) is 5.20. The molecule has 2 aromatic heterocycles. The fourth-order valence-corrected chi connectivity index (χ4v) is 4.12. The van der Waals surface area contributed by atoms with Gasteiger partial charge in [-0.15, -0.1) is 0 Å². The zero-order valence-corrected chi connectivity index (χ0v) is 16.1. The largest absolute Gasteiger partial charge is 0.395 e. The number of pyridine rings is 2. The second kappa shape index (κ2) is 8.94. The van der Waals surface area contributed by atoms with Crippen LogP contribution in [-0.4, -0.2) is 51.1 Å². The molecule has 3 atom stereocenters. The summed E-state index contributed by atoms with van der Waals surface area (Å²) >= 11 is 0. The number of hydrogen-bond donors (Lipinski definition) is 2. The molecule has 1 aromatic carbocycles. The number of nitrogens with zero attached hydrogens (tertiary/aromatic N) is 3. The van der Waals surface area contributed by atoms with Crippen LogP contribution in [0.4, 0.5) is 0 Å². The molecule has 148 valence electrons. The van der Waals surface area contributed by atoms with E-state index in [0.29, 0.717) is 18.8 Å². The second-order valence-corrected chi connectivity index (χ2v) is 7.21. The molecule has 0 saturated carbocycles. The number of carbonyl (C=O) groups excluding carboxylic acids is 1. The first-order valence-corrected chi connectivity index (χ1v) is 9.77. The fraction of sp³-hybridized carbons (Fsp3) is 0.261. The van der Waals surface area contributed by atoms with E-state index in [-0.39, 0.29) is 30.5 Å². The first-order chi connectivity index (χ1) is 14.3. The maximum atomic E-state index is 12.5. The predicted molar refractivity (Wildman–Crippen MR) is 110 cm³/mol. The van der Waals surface area contributed by atoms with Gasteiger partial charge in [-0.1, -0.05) is 42.5 Å². The van der Waals surface area contributed by atoms with E-state index in [1.54, 1.807) is 30.6 Å². The van der Waals surface area contributed by atoms with E-state index >= 15 is 0 Å². The number of aliphatic hydroxyl groups excluding tert-OH is 1. The number of aliphatic hydroxyl groups is 1. The molecule has 0 aliphatic carbocycles. The standard InChI is InChI=1S/C23H24N4O2/c28-16-21-22(18-8-2-1-3-9-18)20(27(21)15-17-7-6-11-24-13-17)14-26-23(29)19-10-4-5-12-25-19/h1-13,20-22,28H,14-16H2,(H,26,29)/t20-,21+,22-/m0/s1. The average Bonchev–Trinajstić information content (AvgIpc) is 2.78. The van der Waals surface area contributed by atoms with Gasteiger partial charge in [0.15, 0.2) is 0 Å². The van der Waals surface area contributed by atoms with Crippen LogP contribution in [-0.2, 0) is 6.54 Å². The Morgan fingerprint density at radius 2 is 1.83 bits per heavy atom. The molecule has 2 N–H and O–H groups in total. The zero-order chi connectivity index (χ0) is 20.1. The van der Waals surface area contributed by atoms with Crippen molar-refractivity contribution in [3.8, 4) is 0 Å². The highest BCUT2D eigenvalue weighted by Crippen LogP contribution is 2.41. The number of carbonyl (C=O) groups is 1. The number of amides is 1. The molecule has 3 aromatic rings. The molecule has 0 spiro atoms. The van der Waals surface area contributed by atoms with Crippen molar-refractivity contribution in [2.45, 2.75) is 24.5 Å². The monoisotopic (exact) mass is 388 g/mol. The van der Waals surface area contributed by atoms with Gasteiger partial charge >= 0.3 is 0 Å². The Balaban J connectivity index is 1.53. The Hall–Kier alpha value is -3.09. The van der Waals surface area contributed by atoms with Gasteiger partial charge in [0.1, 0.15) is 5.69 Å². The van der Waals surface area contributed by atoms with Crippen molar-refractivity contribution >= 4 is 5.91 Å². The van der Waals surface area contributed by atoms with Crippen molar-refractivity contribution in [3.63, 3.8) is 0 Å². The van der Waals surface area contributed by atoms with Crippen LogP contribution in [0.15, 0.2) is 79.3 Å². The number of benzene rings is 1. The Morgan fingerprint density at radius 3 is 2.52 bits per heavy atom. The Kier molecular flexibility index (Phi) is 5.93. The molecule has 3 heterocycles. The van der Waals surface area contributed by atoms with Crippen molar-refractivity contribution in [2.75, 3.05) is 13.2 Å². The first-order valence-electron chi connectivity index (χ1n) is 9.77. The summed E-state index contributed by atoms with van der Waals surface area (Å²) in [7, 11) is 0. The minimum absolute atomic E-state index is 0.00522. The molecule has 6 nitrogen and oxygen atoms in total. The van der Waals surface area contributed by atoms with E-state index in [4.69, 9.17) is 0 Å². The second-order valence-electron chi connectivity index (χ2n) is 7.21. The number of hydrogen-bond acceptors (Lipinski definition) is 5. The third kappa shape index (κ3) is 4.18. The van der Waals surface area contributed by atoms with Crippen molar-refractivity contribution in [1.29, 1.82) is 0 Å². The highest BCUT2D eigenvalue weighted by molar-refractivity contribution is 5.92. The topological polar surface area (TPSA) is 78.4 Å². The third-order valence-corrected chi connectivity index (χ3v) is 5.51. The molecular formula is C23H24N4O2. The molecule has 6 heteroatoms. The molecular weight excluding hydrogens is 364 g/mol. The van der Waals surface area contributed by atoms with Crippen molar-refractivity contribution < 1.29 is 9.90 Å².